The van der Waals surface area contributed by atoms with E-state index in [1.54, 1.807) is 39.6 Å². The van der Waals surface area contributed by atoms with Crippen molar-refractivity contribution in [1.29, 1.82) is 0 Å². The van der Waals surface area contributed by atoms with Crippen LogP contribution in [0.5, 0.6) is 0 Å². The Bertz CT molecular complexity index is 537. The predicted molar refractivity (Wildman–Crippen MR) is 76.5 cm³/mol. The molecule has 1 aromatic heterocycles. The molecule has 6 heteroatoms. The van der Waals surface area contributed by atoms with Gasteiger partial charge < -0.3 is 14.2 Å². The Balaban J connectivity index is 2.57. The summed E-state index contributed by atoms with van der Waals surface area (Å²) in [7, 11) is 8.39. The molecule has 0 N–H and O–H groups in total. The average Bonchev–Trinajstić information content (AvgIpc) is 2.89. The number of hydrogen-bond acceptors (Lipinski definition) is 5. The summed E-state index contributed by atoms with van der Waals surface area (Å²) >= 11 is 1.54. The van der Waals surface area contributed by atoms with E-state index in [9.17, 15) is 0 Å². The molecule has 0 amide bonds. The van der Waals surface area contributed by atoms with E-state index in [4.69, 9.17) is 14.2 Å². The predicted octanol–water partition coefficient (Wildman–Crippen LogP) is 2.27. The number of rotatable bonds is 5. The van der Waals surface area contributed by atoms with Crippen LogP contribution in [0, 0.1) is 0 Å². The molecular weight excluding hydrogens is 278 g/mol. The van der Waals surface area contributed by atoms with Crippen LogP contribution in [-0.4, -0.2) is 42.3 Å². The Labute approximate surface area is 120 Å². The highest BCUT2D eigenvalue weighted by molar-refractivity contribution is 7.18. The number of para-hydroxylation sites is 1. The lowest BCUT2D eigenvalue weighted by molar-refractivity contribution is -0.274. The summed E-state index contributed by atoms with van der Waals surface area (Å²) in [5.74, 6) is -0.994. The fourth-order valence-electron chi connectivity index (χ4n) is 1.86. The molecule has 101 valence electrons. The number of hydrogen-bond donors (Lipinski definition) is 0. The minimum Gasteiger partial charge on any atom is -0.370 e. The lowest BCUT2D eigenvalue weighted by atomic mass is 10.1. The van der Waals surface area contributed by atoms with Crippen LogP contribution in [0.25, 0.3) is 10.2 Å². The van der Waals surface area contributed by atoms with E-state index < -0.39 is 11.0 Å². The number of ether oxygens (including phenoxy) is 3. The molecule has 2 aromatic rings. The van der Waals surface area contributed by atoms with Gasteiger partial charge in [0, 0.05) is 21.3 Å². The summed E-state index contributed by atoms with van der Waals surface area (Å²) in [6, 6.07) is 7.93. The summed E-state index contributed by atoms with van der Waals surface area (Å²) in [4.78, 5) is 4.60. The Morgan fingerprint density at radius 1 is 1.11 bits per heavy atom. The molecule has 0 fully saturated rings. The third kappa shape index (κ3) is 2.23. The summed E-state index contributed by atoms with van der Waals surface area (Å²) in [5, 5.41) is -0.223. The summed E-state index contributed by atoms with van der Waals surface area (Å²) in [6.45, 7) is 1.80. The molecule has 0 aliphatic heterocycles. The highest BCUT2D eigenvalue weighted by Crippen LogP contribution is 2.39. The van der Waals surface area contributed by atoms with Crippen LogP contribution in [0.1, 0.15) is 11.9 Å². The van der Waals surface area contributed by atoms with Crippen molar-refractivity contribution in [3.8, 4) is 0 Å². The van der Waals surface area contributed by atoms with Crippen LogP contribution >= 0.6 is 11.3 Å². The van der Waals surface area contributed by atoms with Crippen LogP contribution in [0.4, 0.5) is 0 Å². The number of benzene rings is 1. The minimum absolute atomic E-state index is 0.749. The maximum Gasteiger partial charge on any atom is 0.196 e. The molecule has 1 aromatic carbocycles. The fourth-order valence-corrected chi connectivity index (χ4v) is 3.40. The second kappa shape index (κ2) is 5.30. The molecular formula is C13H16NO3SSi. The van der Waals surface area contributed by atoms with Crippen molar-refractivity contribution in [1.82, 2.24) is 4.98 Å². The fraction of sp³-hybridized carbons (Fsp3) is 0.462. The van der Waals surface area contributed by atoms with Crippen molar-refractivity contribution in [2.75, 3.05) is 21.3 Å². The maximum atomic E-state index is 5.61. The van der Waals surface area contributed by atoms with Crippen molar-refractivity contribution in [2.45, 2.75) is 17.9 Å². The number of fused-ring (bicyclic) bond motifs is 1. The number of methoxy groups -OCH3 is 3. The van der Waals surface area contributed by atoms with Gasteiger partial charge in [0.15, 0.2) is 11.0 Å². The van der Waals surface area contributed by atoms with Crippen molar-refractivity contribution in [3.63, 3.8) is 0 Å². The molecule has 1 heterocycles. The molecule has 1 atom stereocenters. The van der Waals surface area contributed by atoms with Gasteiger partial charge in [-0.2, -0.15) is 0 Å². The van der Waals surface area contributed by atoms with Gasteiger partial charge in [-0.1, -0.05) is 12.1 Å². The standard InChI is InChI=1S/C13H16NO3SSi/c1-12(15-2,16-3)13(19,17-4)11-14-9-7-5-6-8-10(9)18-11/h5-8H,1-4H3. The molecule has 19 heavy (non-hydrogen) atoms. The van der Waals surface area contributed by atoms with Crippen molar-refractivity contribution in [2.24, 2.45) is 0 Å². The quantitative estimate of drug-likeness (QED) is 0.626. The topological polar surface area (TPSA) is 40.6 Å². The van der Waals surface area contributed by atoms with E-state index in [1.165, 1.54) is 0 Å². The Kier molecular flexibility index (Phi) is 4.07. The van der Waals surface area contributed by atoms with Gasteiger partial charge in [0.1, 0.15) is 5.01 Å². The molecule has 0 bridgehead atoms. The summed E-state index contributed by atoms with van der Waals surface area (Å²) in [5.41, 5.74) is 0.928. The highest BCUT2D eigenvalue weighted by atomic mass is 32.1. The average molecular weight is 294 g/mol. The Morgan fingerprint density at radius 2 is 1.74 bits per heavy atom. The van der Waals surface area contributed by atoms with Gasteiger partial charge in [0.2, 0.25) is 0 Å². The zero-order valence-corrected chi connectivity index (χ0v) is 13.2. The van der Waals surface area contributed by atoms with E-state index in [2.05, 4.69) is 15.2 Å². The van der Waals surface area contributed by atoms with E-state index in [0.29, 0.717) is 0 Å². The zero-order chi connectivity index (χ0) is 14.1. The normalized spacial score (nSPS) is 15.6. The third-order valence-electron chi connectivity index (χ3n) is 3.32. The summed E-state index contributed by atoms with van der Waals surface area (Å²) < 4.78 is 17.6. The van der Waals surface area contributed by atoms with Crippen LogP contribution < -0.4 is 0 Å². The molecule has 0 saturated carbocycles. The molecule has 0 spiro atoms. The first kappa shape index (κ1) is 14.6. The van der Waals surface area contributed by atoms with Gasteiger partial charge in [-0.05, 0) is 19.1 Å². The smallest absolute Gasteiger partial charge is 0.196 e. The van der Waals surface area contributed by atoms with Crippen LogP contribution in [0.2, 0.25) is 0 Å². The van der Waals surface area contributed by atoms with Gasteiger partial charge in [0.05, 0.1) is 20.5 Å². The van der Waals surface area contributed by atoms with E-state index in [0.717, 1.165) is 15.2 Å². The summed E-state index contributed by atoms with van der Waals surface area (Å²) in [6.07, 6.45) is 0. The molecule has 1 unspecified atom stereocenters. The van der Waals surface area contributed by atoms with E-state index in [-0.39, 0.29) is 0 Å². The van der Waals surface area contributed by atoms with Crippen molar-refractivity contribution >= 4 is 31.8 Å². The lowest BCUT2D eigenvalue weighted by Gasteiger charge is -2.41. The molecule has 2 rings (SSSR count). The Hall–Kier alpha value is -0.793. The maximum absolute atomic E-state index is 5.61. The zero-order valence-electron chi connectivity index (χ0n) is 11.4. The van der Waals surface area contributed by atoms with E-state index in [1.807, 2.05) is 24.3 Å². The van der Waals surface area contributed by atoms with Crippen molar-refractivity contribution < 1.29 is 14.2 Å². The first-order valence-electron chi connectivity index (χ1n) is 5.77. The van der Waals surface area contributed by atoms with E-state index >= 15 is 0 Å². The van der Waals surface area contributed by atoms with Gasteiger partial charge in [0.25, 0.3) is 0 Å². The van der Waals surface area contributed by atoms with Gasteiger partial charge in [-0.25, -0.2) is 4.98 Å². The number of nitrogens with zero attached hydrogens (tertiary/aromatic N) is 1. The highest BCUT2D eigenvalue weighted by Gasteiger charge is 2.50. The van der Waals surface area contributed by atoms with Crippen LogP contribution in [0.3, 0.4) is 0 Å². The second-order valence-corrected chi connectivity index (χ2v) is 5.96. The molecule has 4 nitrogen and oxygen atoms in total. The second-order valence-electron chi connectivity index (χ2n) is 4.23. The largest absolute Gasteiger partial charge is 0.370 e. The first-order valence-corrected chi connectivity index (χ1v) is 7.09. The van der Waals surface area contributed by atoms with Gasteiger partial charge in [-0.3, -0.25) is 0 Å². The monoisotopic (exact) mass is 294 g/mol. The van der Waals surface area contributed by atoms with Crippen LogP contribution in [-0.2, 0) is 19.4 Å². The third-order valence-corrected chi connectivity index (χ3v) is 5.53. The SMILES string of the molecule is COC(C)(OC)C([Si])(OC)c1nc2ccccc2s1. The first-order chi connectivity index (χ1) is 9.00. The number of aromatic nitrogens is 1. The number of thiazole rings is 1. The van der Waals surface area contributed by atoms with Crippen LogP contribution in [0.15, 0.2) is 24.3 Å². The van der Waals surface area contributed by atoms with Gasteiger partial charge in [-0.15, -0.1) is 11.3 Å². The van der Waals surface area contributed by atoms with Gasteiger partial charge >= 0.3 is 0 Å². The molecule has 0 saturated heterocycles. The molecule has 3 radical (unpaired) electrons. The lowest BCUT2D eigenvalue weighted by Crippen LogP contribution is -2.54. The van der Waals surface area contributed by atoms with Crippen molar-refractivity contribution in [3.05, 3.63) is 29.3 Å². The molecule has 0 aliphatic rings. The Morgan fingerprint density at radius 3 is 2.26 bits per heavy atom. The molecule has 0 aliphatic carbocycles. The minimum atomic E-state index is -0.994.